The van der Waals surface area contributed by atoms with Gasteiger partial charge >= 0.3 is 12.0 Å². The number of nitrogens with zero attached hydrogens (tertiary/aromatic N) is 1. The zero-order chi connectivity index (χ0) is 20.0. The Bertz CT molecular complexity index is 714. The molecule has 1 aliphatic heterocycles. The molecule has 1 atom stereocenters. The van der Waals surface area contributed by atoms with Crippen molar-refractivity contribution in [3.05, 3.63) is 34.3 Å². The Hall–Kier alpha value is -2.42. The molecule has 1 fully saturated rings. The fraction of sp³-hybridized carbons (Fsp3) is 0.444. The average molecular weight is 440 g/mol. The number of likely N-dealkylation sites (tertiary alicyclic amines) is 1. The summed E-state index contributed by atoms with van der Waals surface area (Å²) in [6.45, 7) is 2.28. The van der Waals surface area contributed by atoms with Crippen molar-refractivity contribution in [2.24, 2.45) is 5.92 Å². The van der Waals surface area contributed by atoms with E-state index in [9.17, 15) is 19.2 Å². The van der Waals surface area contributed by atoms with E-state index in [1.807, 2.05) is 12.1 Å². The Kier molecular flexibility index (Phi) is 7.35. The van der Waals surface area contributed by atoms with E-state index in [0.29, 0.717) is 31.5 Å². The van der Waals surface area contributed by atoms with Crippen LogP contribution < -0.4 is 10.6 Å². The van der Waals surface area contributed by atoms with E-state index in [1.54, 1.807) is 17.0 Å². The van der Waals surface area contributed by atoms with Gasteiger partial charge in [-0.3, -0.25) is 19.7 Å². The summed E-state index contributed by atoms with van der Waals surface area (Å²) in [6, 6.07) is 6.45. The first-order valence-corrected chi connectivity index (χ1v) is 9.39. The number of benzene rings is 1. The van der Waals surface area contributed by atoms with Crippen LogP contribution in [0.2, 0.25) is 0 Å². The summed E-state index contributed by atoms with van der Waals surface area (Å²) in [6.07, 6.45) is -0.146. The molecule has 8 nitrogen and oxygen atoms in total. The number of rotatable bonds is 4. The number of piperidine rings is 1. The van der Waals surface area contributed by atoms with Gasteiger partial charge in [-0.25, -0.2) is 4.79 Å². The molecule has 1 aromatic carbocycles. The van der Waals surface area contributed by atoms with Gasteiger partial charge in [0.25, 0.3) is 11.8 Å². The molecular formula is C18H22BrN3O5. The van der Waals surface area contributed by atoms with Crippen LogP contribution in [0.15, 0.2) is 28.7 Å². The maximum Gasteiger partial charge on any atom is 0.321 e. The smallest absolute Gasteiger partial charge is 0.321 e. The molecule has 27 heavy (non-hydrogen) atoms. The second kappa shape index (κ2) is 9.50. The van der Waals surface area contributed by atoms with Crippen molar-refractivity contribution in [2.75, 3.05) is 20.1 Å². The minimum Gasteiger partial charge on any atom is -0.452 e. The van der Waals surface area contributed by atoms with Gasteiger partial charge in [-0.2, -0.15) is 0 Å². The summed E-state index contributed by atoms with van der Waals surface area (Å²) in [4.78, 5) is 49.3. The van der Waals surface area contributed by atoms with Crippen LogP contribution in [0.25, 0.3) is 0 Å². The topological polar surface area (TPSA) is 105 Å². The minimum atomic E-state index is -1.07. The molecule has 2 N–H and O–H groups in total. The molecule has 1 saturated heterocycles. The molecule has 146 valence electrons. The lowest BCUT2D eigenvalue weighted by Crippen LogP contribution is -2.45. The van der Waals surface area contributed by atoms with Crippen LogP contribution in [0.5, 0.6) is 0 Å². The zero-order valence-corrected chi connectivity index (χ0v) is 16.7. The first-order valence-electron chi connectivity index (χ1n) is 8.59. The fourth-order valence-electron chi connectivity index (χ4n) is 2.69. The molecule has 0 bridgehead atoms. The predicted molar refractivity (Wildman–Crippen MR) is 101 cm³/mol. The maximum absolute atomic E-state index is 12.5. The molecule has 0 saturated carbocycles. The molecule has 1 unspecified atom stereocenters. The number of hydrogen-bond donors (Lipinski definition) is 2. The monoisotopic (exact) mass is 439 g/mol. The largest absolute Gasteiger partial charge is 0.452 e. The number of carbonyl (C=O) groups is 4. The third-order valence-electron chi connectivity index (χ3n) is 4.33. The summed E-state index contributed by atoms with van der Waals surface area (Å²) in [7, 11) is 1.38. The second-order valence-corrected chi connectivity index (χ2v) is 7.14. The summed E-state index contributed by atoms with van der Waals surface area (Å²) in [5.74, 6) is -1.64. The molecule has 1 aliphatic rings. The van der Waals surface area contributed by atoms with Crippen molar-refractivity contribution in [2.45, 2.75) is 25.9 Å². The number of imide groups is 1. The number of amides is 4. The van der Waals surface area contributed by atoms with E-state index >= 15 is 0 Å². The van der Waals surface area contributed by atoms with Gasteiger partial charge in [-0.15, -0.1) is 0 Å². The van der Waals surface area contributed by atoms with Crippen LogP contribution in [0.3, 0.4) is 0 Å². The molecule has 0 spiro atoms. The Balaban J connectivity index is 1.83. The Morgan fingerprint density at radius 1 is 1.15 bits per heavy atom. The number of esters is 1. The van der Waals surface area contributed by atoms with Gasteiger partial charge < -0.3 is 15.0 Å². The lowest BCUT2D eigenvalue weighted by molar-refractivity contribution is -0.159. The molecule has 2 rings (SSSR count). The van der Waals surface area contributed by atoms with Gasteiger partial charge in [-0.05, 0) is 44.0 Å². The molecule has 1 aromatic rings. The van der Waals surface area contributed by atoms with Gasteiger partial charge in [0.1, 0.15) is 0 Å². The van der Waals surface area contributed by atoms with E-state index in [2.05, 4.69) is 26.6 Å². The number of carbonyl (C=O) groups excluding carboxylic acids is 4. The summed E-state index contributed by atoms with van der Waals surface area (Å²) < 4.78 is 6.05. The lowest BCUT2D eigenvalue weighted by atomic mass is 9.96. The van der Waals surface area contributed by atoms with E-state index in [-0.39, 0.29) is 11.8 Å². The second-order valence-electron chi connectivity index (χ2n) is 6.22. The Morgan fingerprint density at radius 2 is 1.74 bits per heavy atom. The molecule has 0 aliphatic carbocycles. The number of urea groups is 1. The summed E-state index contributed by atoms with van der Waals surface area (Å²) in [5.41, 5.74) is 0.596. The molecule has 4 amide bonds. The van der Waals surface area contributed by atoms with Crippen LogP contribution >= 0.6 is 15.9 Å². The van der Waals surface area contributed by atoms with E-state index in [1.165, 1.54) is 14.0 Å². The first-order chi connectivity index (χ1) is 12.8. The predicted octanol–water partition coefficient (Wildman–Crippen LogP) is 1.69. The van der Waals surface area contributed by atoms with E-state index < -0.39 is 24.0 Å². The summed E-state index contributed by atoms with van der Waals surface area (Å²) >= 11 is 3.33. The lowest BCUT2D eigenvalue weighted by Gasteiger charge is -2.31. The van der Waals surface area contributed by atoms with Crippen molar-refractivity contribution in [3.8, 4) is 0 Å². The van der Waals surface area contributed by atoms with Crippen molar-refractivity contribution < 1.29 is 23.9 Å². The molecule has 1 heterocycles. The highest BCUT2D eigenvalue weighted by molar-refractivity contribution is 9.10. The zero-order valence-electron chi connectivity index (χ0n) is 15.2. The SMILES string of the molecule is CNC(=O)NC(=O)C(C)OC(=O)C1CCN(C(=O)c2ccc(Br)cc2)CC1. The van der Waals surface area contributed by atoms with Crippen LogP contribution in [0.1, 0.15) is 30.1 Å². The highest BCUT2D eigenvalue weighted by Gasteiger charge is 2.31. The molecular weight excluding hydrogens is 418 g/mol. The van der Waals surface area contributed by atoms with Crippen LogP contribution in [0, 0.1) is 5.92 Å². The van der Waals surface area contributed by atoms with Gasteiger partial charge in [0.15, 0.2) is 6.10 Å². The van der Waals surface area contributed by atoms with Gasteiger partial charge in [0.2, 0.25) is 0 Å². The Labute approximate surface area is 165 Å². The third-order valence-corrected chi connectivity index (χ3v) is 4.86. The van der Waals surface area contributed by atoms with Crippen molar-refractivity contribution in [1.82, 2.24) is 15.5 Å². The maximum atomic E-state index is 12.5. The first kappa shape index (κ1) is 20.9. The summed E-state index contributed by atoms with van der Waals surface area (Å²) in [5, 5.41) is 4.31. The van der Waals surface area contributed by atoms with E-state index in [4.69, 9.17) is 4.74 Å². The van der Waals surface area contributed by atoms with Gasteiger partial charge in [-0.1, -0.05) is 15.9 Å². The molecule has 0 radical (unpaired) electrons. The van der Waals surface area contributed by atoms with Crippen molar-refractivity contribution in [1.29, 1.82) is 0 Å². The van der Waals surface area contributed by atoms with Crippen molar-refractivity contribution in [3.63, 3.8) is 0 Å². The Morgan fingerprint density at radius 3 is 2.30 bits per heavy atom. The van der Waals surface area contributed by atoms with Crippen LogP contribution in [0.4, 0.5) is 4.79 Å². The molecule has 9 heteroatoms. The van der Waals surface area contributed by atoms with Crippen molar-refractivity contribution >= 4 is 39.7 Å². The highest BCUT2D eigenvalue weighted by Crippen LogP contribution is 2.21. The van der Waals surface area contributed by atoms with Gasteiger partial charge in [0, 0.05) is 30.2 Å². The fourth-order valence-corrected chi connectivity index (χ4v) is 2.96. The molecule has 0 aromatic heterocycles. The number of ether oxygens (including phenoxy) is 1. The van der Waals surface area contributed by atoms with Crippen LogP contribution in [-0.4, -0.2) is 55.0 Å². The average Bonchev–Trinajstić information content (AvgIpc) is 2.67. The number of halogens is 1. The quantitative estimate of drug-likeness (QED) is 0.694. The highest BCUT2D eigenvalue weighted by atomic mass is 79.9. The standard InChI is InChI=1S/C18H22BrN3O5/c1-11(15(23)21-18(26)20-2)27-17(25)13-7-9-22(10-8-13)16(24)12-3-5-14(19)6-4-12/h3-6,11,13H,7-10H2,1-2H3,(H2,20,21,23,26). The minimum absolute atomic E-state index is 0.0763. The van der Waals surface area contributed by atoms with Gasteiger partial charge in [0.05, 0.1) is 5.92 Å². The third kappa shape index (κ3) is 5.78. The number of hydrogen-bond acceptors (Lipinski definition) is 5. The normalized spacial score (nSPS) is 15.6. The van der Waals surface area contributed by atoms with Crippen LogP contribution in [-0.2, 0) is 14.3 Å². The van der Waals surface area contributed by atoms with E-state index in [0.717, 1.165) is 4.47 Å². The number of nitrogens with one attached hydrogen (secondary N) is 2.